The molecule has 3 nitrogen and oxygen atoms in total. The van der Waals surface area contributed by atoms with Crippen LogP contribution in [0.2, 0.25) is 0 Å². The number of nitrogens with one attached hydrogen (secondary N) is 2. The quantitative estimate of drug-likeness (QED) is 0.892. The van der Waals surface area contributed by atoms with Crippen LogP contribution in [0.1, 0.15) is 11.4 Å². The highest BCUT2D eigenvalue weighted by molar-refractivity contribution is 9.10. The zero-order valence-corrected chi connectivity index (χ0v) is 11.3. The maximum Gasteiger partial charge on any atom is 0.418 e. The Balaban J connectivity index is 2.08. The summed E-state index contributed by atoms with van der Waals surface area (Å²) in [7, 11) is 0. The zero-order valence-electron chi connectivity index (χ0n) is 9.76. The van der Waals surface area contributed by atoms with Crippen molar-refractivity contribution in [2.75, 3.05) is 11.9 Å². The average molecular weight is 334 g/mol. The first-order valence-electron chi connectivity index (χ1n) is 5.55. The Hall–Kier alpha value is -1.50. The summed E-state index contributed by atoms with van der Waals surface area (Å²) < 4.78 is 39.0. The van der Waals surface area contributed by atoms with E-state index in [1.165, 1.54) is 12.1 Å². The third kappa shape index (κ3) is 3.73. The van der Waals surface area contributed by atoms with E-state index in [0.717, 1.165) is 11.9 Å². The van der Waals surface area contributed by atoms with Crippen LogP contribution in [0.25, 0.3) is 0 Å². The smallest absolute Gasteiger partial charge is 0.384 e. The molecular weight excluding hydrogens is 323 g/mol. The molecule has 1 heterocycles. The molecule has 2 rings (SSSR count). The number of benzene rings is 1. The maximum absolute atomic E-state index is 12.8. The van der Waals surface area contributed by atoms with Gasteiger partial charge in [0.2, 0.25) is 0 Å². The molecule has 0 aliphatic rings. The molecule has 1 aromatic carbocycles. The summed E-state index contributed by atoms with van der Waals surface area (Å²) >= 11 is 3.17. The van der Waals surface area contributed by atoms with Gasteiger partial charge in [-0.1, -0.05) is 15.9 Å². The van der Waals surface area contributed by atoms with Gasteiger partial charge in [-0.2, -0.15) is 13.2 Å². The number of nitrogens with zero attached hydrogens (tertiary/aromatic N) is 1. The van der Waals surface area contributed by atoms with Gasteiger partial charge in [0.15, 0.2) is 0 Å². The fraction of sp³-hybridized carbons (Fsp3) is 0.250. The summed E-state index contributed by atoms with van der Waals surface area (Å²) in [6, 6.07) is 3.85. The highest BCUT2D eigenvalue weighted by Gasteiger charge is 2.33. The molecular formula is C12H11BrF3N3. The molecule has 2 aromatic rings. The molecule has 2 N–H and O–H groups in total. The van der Waals surface area contributed by atoms with Crippen LogP contribution in [0, 0.1) is 0 Å². The second-order valence-corrected chi connectivity index (χ2v) is 4.82. The van der Waals surface area contributed by atoms with E-state index in [4.69, 9.17) is 0 Å². The molecule has 102 valence electrons. The Morgan fingerprint density at radius 1 is 1.32 bits per heavy atom. The summed E-state index contributed by atoms with van der Waals surface area (Å²) in [5.74, 6) is 0.732. The summed E-state index contributed by atoms with van der Waals surface area (Å²) in [6.45, 7) is 0.368. The van der Waals surface area contributed by atoms with Crippen LogP contribution in [-0.4, -0.2) is 16.5 Å². The van der Waals surface area contributed by atoms with Crippen molar-refractivity contribution >= 4 is 21.6 Å². The van der Waals surface area contributed by atoms with E-state index in [1.54, 1.807) is 12.4 Å². The largest absolute Gasteiger partial charge is 0.418 e. The molecule has 19 heavy (non-hydrogen) atoms. The zero-order chi connectivity index (χ0) is 13.9. The van der Waals surface area contributed by atoms with Gasteiger partial charge in [0.1, 0.15) is 5.82 Å². The minimum Gasteiger partial charge on any atom is -0.384 e. The van der Waals surface area contributed by atoms with Gasteiger partial charge in [0.25, 0.3) is 0 Å². The number of aromatic amines is 1. The van der Waals surface area contributed by atoms with E-state index in [2.05, 4.69) is 31.2 Å². The van der Waals surface area contributed by atoms with Gasteiger partial charge in [-0.25, -0.2) is 4.98 Å². The number of rotatable bonds is 4. The van der Waals surface area contributed by atoms with Crippen molar-refractivity contribution in [2.45, 2.75) is 12.6 Å². The predicted molar refractivity (Wildman–Crippen MR) is 69.9 cm³/mol. The topological polar surface area (TPSA) is 40.7 Å². The van der Waals surface area contributed by atoms with Gasteiger partial charge in [-0.05, 0) is 18.2 Å². The lowest BCUT2D eigenvalue weighted by atomic mass is 10.1. The van der Waals surface area contributed by atoms with E-state index in [-0.39, 0.29) is 5.69 Å². The average Bonchev–Trinajstić information content (AvgIpc) is 2.80. The first-order valence-corrected chi connectivity index (χ1v) is 6.35. The van der Waals surface area contributed by atoms with Crippen molar-refractivity contribution in [1.29, 1.82) is 0 Å². The van der Waals surface area contributed by atoms with E-state index in [9.17, 15) is 13.2 Å². The number of alkyl halides is 3. The van der Waals surface area contributed by atoms with Crippen LogP contribution >= 0.6 is 15.9 Å². The molecule has 0 saturated heterocycles. The lowest BCUT2D eigenvalue weighted by Gasteiger charge is -2.14. The highest BCUT2D eigenvalue weighted by Crippen LogP contribution is 2.36. The summed E-state index contributed by atoms with van der Waals surface area (Å²) in [5, 5.41) is 2.79. The van der Waals surface area contributed by atoms with Gasteiger partial charge >= 0.3 is 6.18 Å². The van der Waals surface area contributed by atoms with Crippen molar-refractivity contribution in [3.63, 3.8) is 0 Å². The van der Waals surface area contributed by atoms with Crippen LogP contribution in [0.3, 0.4) is 0 Å². The number of H-pyrrole nitrogens is 1. The third-order valence-electron chi connectivity index (χ3n) is 2.52. The Bertz CT molecular complexity index is 538. The second-order valence-electron chi connectivity index (χ2n) is 3.90. The van der Waals surface area contributed by atoms with Crippen molar-refractivity contribution in [3.05, 3.63) is 46.5 Å². The van der Waals surface area contributed by atoms with Crippen LogP contribution in [0.15, 0.2) is 35.1 Å². The van der Waals surface area contributed by atoms with E-state index in [1.807, 2.05) is 0 Å². The lowest BCUT2D eigenvalue weighted by Crippen LogP contribution is -2.13. The minimum atomic E-state index is -4.37. The molecule has 7 heteroatoms. The summed E-state index contributed by atoms with van der Waals surface area (Å²) in [6.07, 6.45) is -0.560. The molecule has 0 aliphatic carbocycles. The maximum atomic E-state index is 12.8. The molecule has 0 saturated carbocycles. The highest BCUT2D eigenvalue weighted by atomic mass is 79.9. The Morgan fingerprint density at radius 2 is 2.11 bits per heavy atom. The fourth-order valence-corrected chi connectivity index (χ4v) is 2.02. The monoisotopic (exact) mass is 333 g/mol. The van der Waals surface area contributed by atoms with Gasteiger partial charge in [0, 0.05) is 35.5 Å². The molecule has 0 aliphatic heterocycles. The molecule has 0 atom stereocenters. The van der Waals surface area contributed by atoms with E-state index < -0.39 is 11.7 Å². The lowest BCUT2D eigenvalue weighted by molar-refractivity contribution is -0.136. The Kier molecular flexibility index (Phi) is 4.14. The van der Waals surface area contributed by atoms with E-state index in [0.29, 0.717) is 17.4 Å². The van der Waals surface area contributed by atoms with Crippen molar-refractivity contribution in [3.8, 4) is 0 Å². The van der Waals surface area contributed by atoms with E-state index >= 15 is 0 Å². The van der Waals surface area contributed by atoms with Crippen LogP contribution in [0.4, 0.5) is 18.9 Å². The summed E-state index contributed by atoms with van der Waals surface area (Å²) in [5.41, 5.74) is -0.608. The number of hydrogen-bond donors (Lipinski definition) is 2. The number of imidazole rings is 1. The van der Waals surface area contributed by atoms with Crippen molar-refractivity contribution in [1.82, 2.24) is 9.97 Å². The first kappa shape index (κ1) is 13.9. The Morgan fingerprint density at radius 3 is 2.74 bits per heavy atom. The predicted octanol–water partition coefficient (Wildman–Crippen LogP) is 3.85. The van der Waals surface area contributed by atoms with Crippen LogP contribution in [-0.2, 0) is 12.6 Å². The Labute approximate surface area is 116 Å². The summed E-state index contributed by atoms with van der Waals surface area (Å²) in [4.78, 5) is 6.91. The van der Waals surface area contributed by atoms with Gasteiger partial charge in [0.05, 0.1) is 5.56 Å². The van der Waals surface area contributed by atoms with Gasteiger partial charge in [-0.15, -0.1) is 0 Å². The molecule has 0 fully saturated rings. The van der Waals surface area contributed by atoms with Gasteiger partial charge < -0.3 is 10.3 Å². The van der Waals surface area contributed by atoms with Crippen LogP contribution < -0.4 is 5.32 Å². The SMILES string of the molecule is FC(F)(F)c1ccc(Br)cc1NCCc1ncc[nH]1. The van der Waals surface area contributed by atoms with Crippen LogP contribution in [0.5, 0.6) is 0 Å². The molecule has 0 unspecified atom stereocenters. The fourth-order valence-electron chi connectivity index (χ4n) is 1.66. The van der Waals surface area contributed by atoms with Crippen molar-refractivity contribution < 1.29 is 13.2 Å². The third-order valence-corrected chi connectivity index (χ3v) is 3.01. The van der Waals surface area contributed by atoms with Gasteiger partial charge in [-0.3, -0.25) is 0 Å². The molecule has 0 spiro atoms. The number of hydrogen-bond acceptors (Lipinski definition) is 2. The number of anilines is 1. The molecule has 0 radical (unpaired) electrons. The molecule has 1 aromatic heterocycles. The number of halogens is 4. The second kappa shape index (κ2) is 5.64. The molecule has 0 amide bonds. The standard InChI is InChI=1S/C12H11BrF3N3/c13-8-1-2-9(12(14,15)16)10(7-8)17-4-3-11-18-5-6-19-11/h1-2,5-7,17H,3-4H2,(H,18,19). The van der Waals surface area contributed by atoms with Crippen molar-refractivity contribution in [2.24, 2.45) is 0 Å². The number of aromatic nitrogens is 2. The first-order chi connectivity index (χ1) is 8.97. The molecule has 0 bridgehead atoms. The minimum absolute atomic E-state index is 0.0634. The normalized spacial score (nSPS) is 11.6.